The van der Waals surface area contributed by atoms with Crippen LogP contribution in [0.5, 0.6) is 0 Å². The van der Waals surface area contributed by atoms with Gasteiger partial charge in [-0.15, -0.1) is 0 Å². The van der Waals surface area contributed by atoms with E-state index < -0.39 is 5.60 Å². The van der Waals surface area contributed by atoms with Crippen LogP contribution in [0.4, 0.5) is 4.39 Å². The maximum atomic E-state index is 13.5. The van der Waals surface area contributed by atoms with Crippen LogP contribution < -0.4 is 0 Å². The van der Waals surface area contributed by atoms with Gasteiger partial charge in [0.15, 0.2) is 0 Å². The van der Waals surface area contributed by atoms with Gasteiger partial charge in [-0.05, 0) is 44.0 Å². The summed E-state index contributed by atoms with van der Waals surface area (Å²) < 4.78 is 14.3. The van der Waals surface area contributed by atoms with Crippen molar-refractivity contribution in [3.8, 4) is 0 Å². The molecular weight excluding hydrogens is 325 g/mol. The molecule has 0 radical (unpaired) electrons. The van der Waals surface area contributed by atoms with E-state index in [0.29, 0.717) is 31.5 Å². The van der Waals surface area contributed by atoms with Gasteiger partial charge in [-0.3, -0.25) is 4.79 Å². The maximum absolute atomic E-state index is 13.5. The molecule has 20 heavy (non-hydrogen) atoms. The number of hydrogen-bond donors (Lipinski definition) is 1. The Balaban J connectivity index is 2.01. The fraction of sp³-hybridized carbons (Fsp3) is 0.400. The van der Waals surface area contributed by atoms with E-state index in [1.54, 1.807) is 24.0 Å². The maximum Gasteiger partial charge on any atom is 0.246 e. The summed E-state index contributed by atoms with van der Waals surface area (Å²) in [6.07, 6.45) is 4.00. The van der Waals surface area contributed by atoms with Gasteiger partial charge in [-0.2, -0.15) is 0 Å². The molecule has 0 aromatic heterocycles. The molecule has 0 atom stereocenters. The average Bonchev–Trinajstić information content (AvgIpc) is 2.39. The molecule has 1 aromatic rings. The number of carbonyl (C=O) groups is 1. The van der Waals surface area contributed by atoms with E-state index in [1.807, 2.05) is 0 Å². The summed E-state index contributed by atoms with van der Waals surface area (Å²) >= 11 is 3.27. The fourth-order valence-corrected chi connectivity index (χ4v) is 2.50. The molecule has 1 amide bonds. The van der Waals surface area contributed by atoms with Crippen LogP contribution in [-0.2, 0) is 4.79 Å². The molecular formula is C15H17BrFNO2. The zero-order valence-electron chi connectivity index (χ0n) is 11.3. The number of piperidine rings is 1. The number of likely N-dealkylation sites (tertiary alicyclic amines) is 1. The lowest BCUT2D eigenvalue weighted by Gasteiger charge is -2.35. The number of hydrogen-bond acceptors (Lipinski definition) is 2. The molecule has 1 aliphatic heterocycles. The van der Waals surface area contributed by atoms with Crippen molar-refractivity contribution < 1.29 is 14.3 Å². The van der Waals surface area contributed by atoms with Crippen LogP contribution in [0.25, 0.3) is 6.08 Å². The predicted octanol–water partition coefficient (Wildman–Crippen LogP) is 2.97. The Morgan fingerprint density at radius 3 is 2.75 bits per heavy atom. The van der Waals surface area contributed by atoms with Crippen LogP contribution in [-0.4, -0.2) is 34.6 Å². The van der Waals surface area contributed by atoms with Crippen molar-refractivity contribution in [1.29, 1.82) is 0 Å². The molecule has 0 unspecified atom stereocenters. The van der Waals surface area contributed by atoms with Crippen molar-refractivity contribution in [2.75, 3.05) is 13.1 Å². The second-order valence-electron chi connectivity index (χ2n) is 5.32. The normalized spacial score (nSPS) is 18.5. The number of halogens is 2. The highest BCUT2D eigenvalue weighted by molar-refractivity contribution is 9.10. The second-order valence-corrected chi connectivity index (χ2v) is 6.24. The Hall–Kier alpha value is -1.20. The molecule has 0 aliphatic carbocycles. The van der Waals surface area contributed by atoms with Crippen molar-refractivity contribution in [1.82, 2.24) is 4.90 Å². The summed E-state index contributed by atoms with van der Waals surface area (Å²) in [4.78, 5) is 13.7. The van der Waals surface area contributed by atoms with Crippen LogP contribution >= 0.6 is 15.9 Å². The molecule has 1 fully saturated rings. The number of benzene rings is 1. The highest BCUT2D eigenvalue weighted by Crippen LogP contribution is 2.21. The van der Waals surface area contributed by atoms with Crippen molar-refractivity contribution in [2.24, 2.45) is 0 Å². The minimum absolute atomic E-state index is 0.153. The van der Waals surface area contributed by atoms with E-state index in [0.717, 1.165) is 4.47 Å². The lowest BCUT2D eigenvalue weighted by molar-refractivity contribution is -0.129. The Kier molecular flexibility index (Phi) is 4.60. The van der Waals surface area contributed by atoms with Crippen LogP contribution in [0.2, 0.25) is 0 Å². The summed E-state index contributed by atoms with van der Waals surface area (Å²) in [6, 6.07) is 4.59. The first-order valence-corrected chi connectivity index (χ1v) is 7.31. The van der Waals surface area contributed by atoms with Gasteiger partial charge in [0.1, 0.15) is 5.82 Å². The molecule has 0 saturated carbocycles. The summed E-state index contributed by atoms with van der Waals surface area (Å²) in [5, 5.41) is 9.84. The third-order valence-electron chi connectivity index (χ3n) is 3.52. The van der Waals surface area contributed by atoms with E-state index in [2.05, 4.69) is 15.9 Å². The summed E-state index contributed by atoms with van der Waals surface area (Å²) in [6.45, 7) is 2.83. The average molecular weight is 342 g/mol. The summed E-state index contributed by atoms with van der Waals surface area (Å²) in [5.41, 5.74) is -0.312. The van der Waals surface area contributed by atoms with Crippen LogP contribution in [0.15, 0.2) is 28.7 Å². The first kappa shape index (κ1) is 15.2. The van der Waals surface area contributed by atoms with E-state index in [-0.39, 0.29) is 11.7 Å². The first-order chi connectivity index (χ1) is 9.37. The van der Waals surface area contributed by atoms with E-state index in [1.165, 1.54) is 18.2 Å². The number of amides is 1. The Bertz CT molecular complexity index is 533. The smallest absolute Gasteiger partial charge is 0.246 e. The first-order valence-electron chi connectivity index (χ1n) is 6.52. The third-order valence-corrected chi connectivity index (χ3v) is 4.01. The number of rotatable bonds is 2. The van der Waals surface area contributed by atoms with Gasteiger partial charge < -0.3 is 10.0 Å². The fourth-order valence-electron chi connectivity index (χ4n) is 2.12. The lowest BCUT2D eigenvalue weighted by atomic mass is 9.94. The largest absolute Gasteiger partial charge is 0.390 e. The van der Waals surface area contributed by atoms with Gasteiger partial charge in [0.25, 0.3) is 0 Å². The van der Waals surface area contributed by atoms with Crippen molar-refractivity contribution >= 4 is 27.9 Å². The van der Waals surface area contributed by atoms with E-state index in [9.17, 15) is 14.3 Å². The summed E-state index contributed by atoms with van der Waals surface area (Å²) in [5.74, 6) is -0.515. The van der Waals surface area contributed by atoms with Gasteiger partial charge in [0, 0.05) is 29.2 Å². The van der Waals surface area contributed by atoms with Gasteiger partial charge in [0.05, 0.1) is 5.60 Å². The van der Waals surface area contributed by atoms with Crippen molar-refractivity contribution in [3.05, 3.63) is 40.1 Å². The van der Waals surface area contributed by atoms with Gasteiger partial charge >= 0.3 is 0 Å². The predicted molar refractivity (Wildman–Crippen MR) is 79.6 cm³/mol. The number of nitrogens with zero attached hydrogens (tertiary/aromatic N) is 1. The number of carbonyl (C=O) groups excluding carboxylic acids is 1. The highest BCUT2D eigenvalue weighted by Gasteiger charge is 2.28. The van der Waals surface area contributed by atoms with Crippen LogP contribution in [0.1, 0.15) is 25.3 Å². The summed E-state index contributed by atoms with van der Waals surface area (Å²) in [7, 11) is 0. The molecule has 2 rings (SSSR count). The van der Waals surface area contributed by atoms with E-state index in [4.69, 9.17) is 0 Å². The zero-order chi connectivity index (χ0) is 14.8. The monoisotopic (exact) mass is 341 g/mol. The number of aliphatic hydroxyl groups is 1. The molecule has 5 heteroatoms. The quantitative estimate of drug-likeness (QED) is 0.840. The highest BCUT2D eigenvalue weighted by atomic mass is 79.9. The molecule has 0 bridgehead atoms. The molecule has 1 heterocycles. The molecule has 1 N–H and O–H groups in total. The minimum Gasteiger partial charge on any atom is -0.390 e. The van der Waals surface area contributed by atoms with Gasteiger partial charge in [-0.25, -0.2) is 4.39 Å². The Morgan fingerprint density at radius 2 is 2.10 bits per heavy atom. The molecule has 1 aliphatic rings. The molecule has 1 aromatic carbocycles. The Morgan fingerprint density at radius 1 is 1.45 bits per heavy atom. The zero-order valence-corrected chi connectivity index (χ0v) is 12.9. The van der Waals surface area contributed by atoms with Gasteiger partial charge in [0.2, 0.25) is 5.91 Å². The SMILES string of the molecule is CC1(O)CCN(C(=O)/C=C/c2cc(Br)ccc2F)CC1. The minimum atomic E-state index is -0.684. The molecule has 0 spiro atoms. The van der Waals surface area contributed by atoms with E-state index >= 15 is 0 Å². The molecule has 1 saturated heterocycles. The topological polar surface area (TPSA) is 40.5 Å². The second kappa shape index (κ2) is 6.06. The Labute approximate surface area is 126 Å². The van der Waals surface area contributed by atoms with Crippen LogP contribution in [0.3, 0.4) is 0 Å². The van der Waals surface area contributed by atoms with Crippen molar-refractivity contribution in [2.45, 2.75) is 25.4 Å². The third kappa shape index (κ3) is 3.90. The molecule has 3 nitrogen and oxygen atoms in total. The standard InChI is InChI=1S/C15H17BrFNO2/c1-15(20)6-8-18(9-7-15)14(19)5-2-11-10-12(16)3-4-13(11)17/h2-5,10,20H,6-9H2,1H3/b5-2+. The van der Waals surface area contributed by atoms with Crippen LogP contribution in [0, 0.1) is 5.82 Å². The lowest BCUT2D eigenvalue weighted by Crippen LogP contribution is -2.44. The van der Waals surface area contributed by atoms with Gasteiger partial charge in [-0.1, -0.05) is 15.9 Å². The van der Waals surface area contributed by atoms with Crippen molar-refractivity contribution in [3.63, 3.8) is 0 Å². The molecule has 108 valence electrons.